The maximum Gasteiger partial charge on any atom is 0.147 e. The Balaban J connectivity index is 2.50. The van der Waals surface area contributed by atoms with Crippen LogP contribution in [0.25, 0.3) is 0 Å². The van der Waals surface area contributed by atoms with Gasteiger partial charge in [0.1, 0.15) is 12.4 Å². The third-order valence-electron chi connectivity index (χ3n) is 2.76. The Bertz CT molecular complexity index is 402. The second-order valence-corrected chi connectivity index (χ2v) is 7.08. The van der Waals surface area contributed by atoms with E-state index in [1.54, 1.807) is 0 Å². The largest absolute Gasteiger partial charge is 0.489 e. The zero-order valence-corrected chi connectivity index (χ0v) is 16.2. The van der Waals surface area contributed by atoms with Gasteiger partial charge >= 0.3 is 0 Å². The van der Waals surface area contributed by atoms with Gasteiger partial charge in [0.15, 0.2) is 0 Å². The first-order valence-corrected chi connectivity index (χ1v) is 9.02. The summed E-state index contributed by atoms with van der Waals surface area (Å²) in [5.41, 5.74) is 1.23. The van der Waals surface area contributed by atoms with Crippen molar-refractivity contribution in [1.29, 1.82) is 0 Å². The molecule has 120 valence electrons. The average molecular weight is 423 g/mol. The maximum atomic E-state index is 5.77. The molecule has 0 aliphatic rings. The Hall–Kier alpha value is -0.100. The normalized spacial score (nSPS) is 11.1. The summed E-state index contributed by atoms with van der Waals surface area (Å²) in [5.74, 6) is 1.49. The third-order valence-corrected chi connectivity index (χ3v) is 3.94. The molecule has 5 heteroatoms. The van der Waals surface area contributed by atoms with Gasteiger partial charge < -0.3 is 14.8 Å². The summed E-state index contributed by atoms with van der Waals surface area (Å²) in [5, 5.41) is 3.44. The van der Waals surface area contributed by atoms with Crippen molar-refractivity contribution < 1.29 is 9.47 Å². The van der Waals surface area contributed by atoms with Gasteiger partial charge in [0, 0.05) is 13.2 Å². The molecule has 0 saturated heterocycles. The molecule has 1 N–H and O–H groups in total. The van der Waals surface area contributed by atoms with E-state index >= 15 is 0 Å². The first kappa shape index (κ1) is 18.9. The molecule has 0 saturated carbocycles. The fourth-order valence-electron chi connectivity index (χ4n) is 1.81. The molecule has 0 heterocycles. The van der Waals surface area contributed by atoms with Gasteiger partial charge in [-0.05, 0) is 68.4 Å². The maximum absolute atomic E-state index is 5.77. The lowest BCUT2D eigenvalue weighted by Crippen LogP contribution is -2.19. The van der Waals surface area contributed by atoms with Crippen LogP contribution in [0.15, 0.2) is 21.1 Å². The molecule has 21 heavy (non-hydrogen) atoms. The Labute approximate surface area is 145 Å². The topological polar surface area (TPSA) is 30.5 Å². The molecular formula is C16H25Br2NO2. The first-order chi connectivity index (χ1) is 10.0. The molecule has 0 aliphatic heterocycles. The number of nitrogens with one attached hydrogen (secondary N) is 1. The summed E-state index contributed by atoms with van der Waals surface area (Å²) in [6.07, 6.45) is 1.03. The predicted molar refractivity (Wildman–Crippen MR) is 95.0 cm³/mol. The quantitative estimate of drug-likeness (QED) is 0.551. The van der Waals surface area contributed by atoms with E-state index in [0.717, 1.165) is 40.8 Å². The number of benzene rings is 1. The van der Waals surface area contributed by atoms with Crippen molar-refractivity contribution in [1.82, 2.24) is 5.32 Å². The van der Waals surface area contributed by atoms with Crippen LogP contribution in [0.3, 0.4) is 0 Å². The van der Waals surface area contributed by atoms with Crippen LogP contribution in [0.2, 0.25) is 0 Å². The smallest absolute Gasteiger partial charge is 0.147 e. The van der Waals surface area contributed by atoms with Crippen molar-refractivity contribution in [2.75, 3.05) is 26.4 Å². The summed E-state index contributed by atoms with van der Waals surface area (Å²) < 4.78 is 13.1. The SMILES string of the molecule is CCCOCCOc1c(Br)cc(CNCC(C)C)cc1Br. The molecule has 0 amide bonds. The Morgan fingerprint density at radius 1 is 1.10 bits per heavy atom. The van der Waals surface area contributed by atoms with Crippen molar-refractivity contribution >= 4 is 31.9 Å². The molecule has 0 atom stereocenters. The van der Waals surface area contributed by atoms with Gasteiger partial charge in [-0.3, -0.25) is 0 Å². The van der Waals surface area contributed by atoms with Crippen LogP contribution in [0.5, 0.6) is 5.75 Å². The third kappa shape index (κ3) is 7.63. The minimum Gasteiger partial charge on any atom is -0.489 e. The van der Waals surface area contributed by atoms with E-state index in [-0.39, 0.29) is 0 Å². The van der Waals surface area contributed by atoms with Gasteiger partial charge in [-0.2, -0.15) is 0 Å². The van der Waals surface area contributed by atoms with E-state index in [0.29, 0.717) is 19.1 Å². The van der Waals surface area contributed by atoms with Crippen molar-refractivity contribution in [3.05, 3.63) is 26.6 Å². The number of hydrogen-bond donors (Lipinski definition) is 1. The van der Waals surface area contributed by atoms with E-state index in [9.17, 15) is 0 Å². The minimum absolute atomic E-state index is 0.558. The second kappa shape index (κ2) is 10.6. The predicted octanol–water partition coefficient (Wildman–Crippen LogP) is 4.76. The van der Waals surface area contributed by atoms with E-state index in [1.807, 2.05) is 0 Å². The van der Waals surface area contributed by atoms with Crippen LogP contribution in [0, 0.1) is 5.92 Å². The summed E-state index contributed by atoms with van der Waals surface area (Å²) >= 11 is 7.16. The van der Waals surface area contributed by atoms with Gasteiger partial charge in [0.2, 0.25) is 0 Å². The van der Waals surface area contributed by atoms with Crippen LogP contribution < -0.4 is 10.1 Å². The average Bonchev–Trinajstić information content (AvgIpc) is 2.40. The standard InChI is InChI=1S/C16H25Br2NO2/c1-4-5-20-6-7-21-16-14(17)8-13(9-15(16)18)11-19-10-12(2)3/h8-9,12,19H,4-7,10-11H2,1-3H3. The molecule has 0 radical (unpaired) electrons. The fourth-order valence-corrected chi connectivity index (χ4v) is 3.32. The summed E-state index contributed by atoms with van der Waals surface area (Å²) in [4.78, 5) is 0. The molecule has 0 unspecified atom stereocenters. The van der Waals surface area contributed by atoms with Crippen LogP contribution in [0.1, 0.15) is 32.8 Å². The highest BCUT2D eigenvalue weighted by molar-refractivity contribution is 9.11. The molecule has 0 bridgehead atoms. The molecule has 0 spiro atoms. The highest BCUT2D eigenvalue weighted by Crippen LogP contribution is 2.34. The van der Waals surface area contributed by atoms with Crippen LogP contribution >= 0.6 is 31.9 Å². The van der Waals surface area contributed by atoms with E-state index < -0.39 is 0 Å². The van der Waals surface area contributed by atoms with Gasteiger partial charge in [0.25, 0.3) is 0 Å². The fraction of sp³-hybridized carbons (Fsp3) is 0.625. The Morgan fingerprint density at radius 2 is 1.76 bits per heavy atom. The van der Waals surface area contributed by atoms with Gasteiger partial charge in [-0.1, -0.05) is 20.8 Å². The van der Waals surface area contributed by atoms with E-state index in [4.69, 9.17) is 9.47 Å². The molecule has 1 aromatic rings. The lowest BCUT2D eigenvalue weighted by molar-refractivity contribution is 0.100. The van der Waals surface area contributed by atoms with Crippen molar-refractivity contribution in [2.24, 2.45) is 5.92 Å². The van der Waals surface area contributed by atoms with Gasteiger partial charge in [-0.15, -0.1) is 0 Å². The van der Waals surface area contributed by atoms with E-state index in [1.165, 1.54) is 5.56 Å². The van der Waals surface area contributed by atoms with Crippen LogP contribution in [0.4, 0.5) is 0 Å². The van der Waals surface area contributed by atoms with Crippen LogP contribution in [-0.4, -0.2) is 26.4 Å². The molecule has 1 aromatic carbocycles. The highest BCUT2D eigenvalue weighted by atomic mass is 79.9. The molecule has 3 nitrogen and oxygen atoms in total. The Morgan fingerprint density at radius 3 is 2.33 bits per heavy atom. The van der Waals surface area contributed by atoms with Gasteiger partial charge in [-0.25, -0.2) is 0 Å². The Kier molecular flexibility index (Phi) is 9.56. The zero-order chi connectivity index (χ0) is 15.7. The second-order valence-electron chi connectivity index (χ2n) is 5.37. The number of halogens is 2. The zero-order valence-electron chi connectivity index (χ0n) is 13.0. The number of ether oxygens (including phenoxy) is 2. The van der Waals surface area contributed by atoms with Gasteiger partial charge in [0.05, 0.1) is 15.6 Å². The van der Waals surface area contributed by atoms with Crippen molar-refractivity contribution in [2.45, 2.75) is 33.7 Å². The summed E-state index contributed by atoms with van der Waals surface area (Å²) in [7, 11) is 0. The molecule has 0 fully saturated rings. The highest BCUT2D eigenvalue weighted by Gasteiger charge is 2.09. The van der Waals surface area contributed by atoms with Crippen molar-refractivity contribution in [3.8, 4) is 5.75 Å². The lowest BCUT2D eigenvalue weighted by atomic mass is 10.2. The molecule has 0 aliphatic carbocycles. The minimum atomic E-state index is 0.558. The summed E-state index contributed by atoms with van der Waals surface area (Å²) in [6.45, 7) is 10.3. The monoisotopic (exact) mass is 421 g/mol. The molecular weight excluding hydrogens is 398 g/mol. The lowest BCUT2D eigenvalue weighted by Gasteiger charge is -2.13. The van der Waals surface area contributed by atoms with Crippen LogP contribution in [-0.2, 0) is 11.3 Å². The molecule has 0 aromatic heterocycles. The number of rotatable bonds is 10. The van der Waals surface area contributed by atoms with E-state index in [2.05, 4.69) is 70.1 Å². The number of hydrogen-bond acceptors (Lipinski definition) is 3. The van der Waals surface area contributed by atoms with Crippen molar-refractivity contribution in [3.63, 3.8) is 0 Å². The summed E-state index contributed by atoms with van der Waals surface area (Å²) in [6, 6.07) is 4.20. The first-order valence-electron chi connectivity index (χ1n) is 7.43. The molecule has 1 rings (SSSR count).